The van der Waals surface area contributed by atoms with Gasteiger partial charge in [0.05, 0.1) is 1.37 Å². The average molecular weight is 283 g/mol. The number of ether oxygens (including phenoxy) is 1. The zero-order chi connectivity index (χ0) is 15.7. The Bertz CT molecular complexity index is 358. The van der Waals surface area contributed by atoms with Gasteiger partial charge in [-0.25, -0.2) is 4.79 Å². The number of carbonyl (C=O) groups is 1. The van der Waals surface area contributed by atoms with E-state index >= 15 is 0 Å². The first-order valence-electron chi connectivity index (χ1n) is 6.72. The molecular formula is C12H21F3N2O2. The van der Waals surface area contributed by atoms with Crippen LogP contribution in [0.25, 0.3) is 0 Å². The lowest BCUT2D eigenvalue weighted by molar-refractivity contribution is -0.200. The number of amides is 1. The Balaban J connectivity index is 2.60. The van der Waals surface area contributed by atoms with Gasteiger partial charge >= 0.3 is 12.3 Å². The van der Waals surface area contributed by atoms with Crippen molar-refractivity contribution in [2.24, 2.45) is 0 Å². The predicted octanol–water partition coefficient (Wildman–Crippen LogP) is 2.49. The molecule has 0 aromatic rings. The van der Waals surface area contributed by atoms with Crippen LogP contribution in [-0.2, 0) is 4.74 Å². The minimum Gasteiger partial charge on any atom is -0.437 e. The molecule has 0 aromatic carbocycles. The molecule has 19 heavy (non-hydrogen) atoms. The summed E-state index contributed by atoms with van der Waals surface area (Å²) in [5, 5.41) is 0. The molecule has 0 bridgehead atoms. The lowest BCUT2D eigenvalue weighted by Gasteiger charge is -2.42. The third-order valence-electron chi connectivity index (χ3n) is 3.05. The van der Waals surface area contributed by atoms with Crippen LogP contribution in [0.1, 0.15) is 29.1 Å². The number of hydrogen-bond donors (Lipinski definition) is 0. The molecule has 0 spiro atoms. The maximum atomic E-state index is 12.3. The molecule has 112 valence electrons. The van der Waals surface area contributed by atoms with Gasteiger partial charge in [-0.1, -0.05) is 0 Å². The third-order valence-corrected chi connectivity index (χ3v) is 3.05. The molecule has 1 aliphatic rings. The molecule has 0 N–H and O–H groups in total. The fourth-order valence-corrected chi connectivity index (χ4v) is 1.67. The lowest BCUT2D eigenvalue weighted by Crippen LogP contribution is -2.55. The van der Waals surface area contributed by atoms with Gasteiger partial charge in [-0.15, -0.1) is 0 Å². The molecule has 0 saturated carbocycles. The molecule has 1 amide bonds. The van der Waals surface area contributed by atoms with E-state index in [4.69, 9.17) is 1.37 Å². The van der Waals surface area contributed by atoms with Crippen molar-refractivity contribution in [2.75, 3.05) is 26.2 Å². The van der Waals surface area contributed by atoms with Crippen LogP contribution in [-0.4, -0.2) is 59.9 Å². The topological polar surface area (TPSA) is 32.8 Å². The van der Waals surface area contributed by atoms with E-state index in [0.717, 1.165) is 11.8 Å². The number of alkyl halides is 3. The summed E-state index contributed by atoms with van der Waals surface area (Å²) in [6.45, 7) is 6.80. The molecule has 1 fully saturated rings. The number of piperazine rings is 1. The molecule has 0 radical (unpaired) electrons. The first-order chi connectivity index (χ1) is 8.93. The Morgan fingerprint density at radius 2 is 1.84 bits per heavy atom. The molecule has 1 aliphatic heterocycles. The summed E-state index contributed by atoms with van der Waals surface area (Å²) < 4.78 is 49.3. The average Bonchev–Trinajstić information content (AvgIpc) is 2.25. The fraction of sp³-hybridized carbons (Fsp3) is 0.917. The van der Waals surface area contributed by atoms with Crippen molar-refractivity contribution in [2.45, 2.75) is 45.5 Å². The summed E-state index contributed by atoms with van der Waals surface area (Å²) in [5.41, 5.74) is -0.144. The highest BCUT2D eigenvalue weighted by atomic mass is 19.4. The van der Waals surface area contributed by atoms with E-state index in [0.29, 0.717) is 13.1 Å². The largest absolute Gasteiger partial charge is 0.437 e. The first-order valence-corrected chi connectivity index (χ1v) is 6.14. The lowest BCUT2D eigenvalue weighted by atomic mass is 10.1. The first kappa shape index (κ1) is 14.4. The van der Waals surface area contributed by atoms with E-state index in [1.165, 1.54) is 0 Å². The van der Waals surface area contributed by atoms with Crippen LogP contribution in [0.2, 0.25) is 0 Å². The Hall–Kier alpha value is -0.980. The zero-order valence-corrected chi connectivity index (χ0v) is 11.6. The van der Waals surface area contributed by atoms with Gasteiger partial charge in [-0.2, -0.15) is 13.2 Å². The van der Waals surface area contributed by atoms with Crippen molar-refractivity contribution in [3.63, 3.8) is 0 Å². The van der Waals surface area contributed by atoms with Crippen LogP contribution < -0.4 is 0 Å². The number of halogens is 3. The van der Waals surface area contributed by atoms with Crippen molar-refractivity contribution in [3.8, 4) is 0 Å². The van der Waals surface area contributed by atoms with E-state index in [-0.39, 0.29) is 12.1 Å². The van der Waals surface area contributed by atoms with Crippen molar-refractivity contribution in [3.05, 3.63) is 0 Å². The molecule has 0 aromatic heterocycles. The second-order valence-electron chi connectivity index (χ2n) is 5.56. The van der Waals surface area contributed by atoms with Gasteiger partial charge in [0.15, 0.2) is 6.10 Å². The van der Waals surface area contributed by atoms with Gasteiger partial charge < -0.3 is 9.64 Å². The van der Waals surface area contributed by atoms with Crippen LogP contribution in [0.15, 0.2) is 0 Å². The molecule has 1 rings (SSSR count). The van der Waals surface area contributed by atoms with E-state index in [1.807, 2.05) is 25.7 Å². The monoisotopic (exact) mass is 283 g/mol. The maximum Gasteiger partial charge on any atom is 0.425 e. The number of rotatable bonds is 1. The molecular weight excluding hydrogens is 261 g/mol. The van der Waals surface area contributed by atoms with Gasteiger partial charge in [-0.3, -0.25) is 4.90 Å². The highest BCUT2D eigenvalue weighted by molar-refractivity contribution is 5.68. The minimum absolute atomic E-state index is 0.144. The van der Waals surface area contributed by atoms with Gasteiger partial charge in [0.1, 0.15) is 0 Å². The standard InChI is InChI=1S/C12H21F3N2O2/c1-9(12(13,14)15)19-10(18)16-5-7-17(8-6-16)11(2,3)4/h9H,5-8H2,1-4H3/i5D. The predicted molar refractivity (Wildman–Crippen MR) is 64.9 cm³/mol. The van der Waals surface area contributed by atoms with Crippen molar-refractivity contribution in [1.82, 2.24) is 9.80 Å². The molecule has 2 atom stereocenters. The van der Waals surface area contributed by atoms with E-state index in [2.05, 4.69) is 4.74 Å². The Labute approximate surface area is 112 Å². The summed E-state index contributed by atoms with van der Waals surface area (Å²) in [4.78, 5) is 14.7. The Kier molecular flexibility index (Phi) is 4.23. The van der Waals surface area contributed by atoms with Gasteiger partial charge in [0, 0.05) is 31.7 Å². The number of carbonyl (C=O) groups excluding carboxylic acids is 1. The Morgan fingerprint density at radius 3 is 2.26 bits per heavy atom. The van der Waals surface area contributed by atoms with Crippen LogP contribution in [0, 0.1) is 0 Å². The van der Waals surface area contributed by atoms with Crippen molar-refractivity contribution < 1.29 is 24.1 Å². The number of hydrogen-bond acceptors (Lipinski definition) is 3. The van der Waals surface area contributed by atoms with Crippen molar-refractivity contribution >= 4 is 6.09 Å². The van der Waals surface area contributed by atoms with E-state index < -0.39 is 24.9 Å². The third kappa shape index (κ3) is 4.56. The highest BCUT2D eigenvalue weighted by Gasteiger charge is 2.40. The number of nitrogens with zero attached hydrogens (tertiary/aromatic N) is 2. The molecule has 1 heterocycles. The summed E-state index contributed by atoms with van der Waals surface area (Å²) in [6, 6.07) is 0. The smallest absolute Gasteiger partial charge is 0.425 e. The quantitative estimate of drug-likeness (QED) is 0.741. The second kappa shape index (κ2) is 5.56. The van der Waals surface area contributed by atoms with E-state index in [9.17, 15) is 18.0 Å². The summed E-state index contributed by atoms with van der Waals surface area (Å²) in [6.07, 6.45) is -7.83. The normalized spacial score (nSPS) is 24.9. The SMILES string of the molecule is [2H]C1CN(C(C)(C)C)CCN1C(=O)OC(C)C(F)(F)F. The van der Waals surface area contributed by atoms with Crippen LogP contribution in [0.3, 0.4) is 0 Å². The van der Waals surface area contributed by atoms with Crippen LogP contribution in [0.5, 0.6) is 0 Å². The second-order valence-corrected chi connectivity index (χ2v) is 5.56. The fourth-order valence-electron chi connectivity index (χ4n) is 1.67. The molecule has 7 heteroatoms. The van der Waals surface area contributed by atoms with Crippen LogP contribution in [0.4, 0.5) is 18.0 Å². The van der Waals surface area contributed by atoms with Gasteiger partial charge in [0.2, 0.25) is 0 Å². The van der Waals surface area contributed by atoms with E-state index in [1.54, 1.807) is 0 Å². The van der Waals surface area contributed by atoms with Crippen molar-refractivity contribution in [1.29, 1.82) is 0 Å². The van der Waals surface area contributed by atoms with Gasteiger partial charge in [-0.05, 0) is 27.7 Å². The summed E-state index contributed by atoms with van der Waals surface area (Å²) in [5.74, 6) is 0. The molecule has 2 unspecified atom stereocenters. The molecule has 4 nitrogen and oxygen atoms in total. The minimum atomic E-state index is -4.58. The summed E-state index contributed by atoms with van der Waals surface area (Å²) in [7, 11) is 0. The maximum absolute atomic E-state index is 12.3. The zero-order valence-electron chi connectivity index (χ0n) is 12.6. The highest BCUT2D eigenvalue weighted by Crippen LogP contribution is 2.23. The Morgan fingerprint density at radius 1 is 1.26 bits per heavy atom. The summed E-state index contributed by atoms with van der Waals surface area (Å²) >= 11 is 0. The molecule has 0 aliphatic carbocycles. The molecule has 1 saturated heterocycles. The van der Waals surface area contributed by atoms with Gasteiger partial charge in [0.25, 0.3) is 0 Å². The van der Waals surface area contributed by atoms with Crippen LogP contribution >= 0.6 is 0 Å².